The molecule has 3 aromatic rings. The SMILES string of the molecule is Cc1nn(C)c(C)c1CNC(=O)c1cnn2c1N[C@H](c1ccccc1)C[C@H]2C(F)(F)F. The Morgan fingerprint density at radius 1 is 1.26 bits per heavy atom. The van der Waals surface area contributed by atoms with E-state index >= 15 is 0 Å². The fourth-order valence-electron chi connectivity index (χ4n) is 3.97. The quantitative estimate of drug-likeness (QED) is 0.657. The van der Waals surface area contributed by atoms with Crippen LogP contribution in [0.1, 0.15) is 51.4 Å². The lowest BCUT2D eigenvalue weighted by molar-refractivity contribution is -0.173. The van der Waals surface area contributed by atoms with Gasteiger partial charge in [-0.05, 0) is 19.4 Å². The Labute approximate surface area is 177 Å². The van der Waals surface area contributed by atoms with E-state index in [2.05, 4.69) is 20.8 Å². The van der Waals surface area contributed by atoms with Crippen LogP contribution in [0.25, 0.3) is 0 Å². The number of aryl methyl sites for hydroxylation is 2. The summed E-state index contributed by atoms with van der Waals surface area (Å²) in [5.74, 6) is -0.425. The molecule has 1 amide bonds. The molecule has 2 N–H and O–H groups in total. The number of hydrogen-bond donors (Lipinski definition) is 2. The predicted octanol–water partition coefficient (Wildman–Crippen LogP) is 3.82. The Hall–Kier alpha value is -3.30. The number of carbonyl (C=O) groups excluding carboxylic acids is 1. The third-order valence-corrected chi connectivity index (χ3v) is 5.77. The largest absolute Gasteiger partial charge is 0.410 e. The molecule has 2 aromatic heterocycles. The number of hydrogen-bond acceptors (Lipinski definition) is 4. The first-order chi connectivity index (χ1) is 14.7. The molecule has 0 saturated heterocycles. The summed E-state index contributed by atoms with van der Waals surface area (Å²) in [5.41, 5.74) is 3.37. The Morgan fingerprint density at radius 3 is 2.58 bits per heavy atom. The second-order valence-electron chi connectivity index (χ2n) is 7.71. The van der Waals surface area contributed by atoms with Crippen molar-refractivity contribution in [3.8, 4) is 0 Å². The van der Waals surface area contributed by atoms with Crippen LogP contribution in [0.2, 0.25) is 0 Å². The highest BCUT2D eigenvalue weighted by atomic mass is 19.4. The number of aromatic nitrogens is 4. The fourth-order valence-corrected chi connectivity index (χ4v) is 3.97. The number of alkyl halides is 3. The molecule has 10 heteroatoms. The van der Waals surface area contributed by atoms with E-state index in [1.165, 1.54) is 6.20 Å². The van der Waals surface area contributed by atoms with Crippen molar-refractivity contribution in [2.24, 2.45) is 7.05 Å². The molecule has 0 spiro atoms. The van der Waals surface area contributed by atoms with Crippen LogP contribution in [0.3, 0.4) is 0 Å². The molecule has 0 fully saturated rings. The van der Waals surface area contributed by atoms with E-state index in [1.54, 1.807) is 35.0 Å². The molecule has 1 aliphatic rings. The third kappa shape index (κ3) is 3.89. The van der Waals surface area contributed by atoms with Crippen molar-refractivity contribution in [2.75, 3.05) is 5.32 Å². The van der Waals surface area contributed by atoms with Crippen molar-refractivity contribution in [1.82, 2.24) is 24.9 Å². The standard InChI is InChI=1S/C21H23F3N6O/c1-12-15(13(2)29(3)28-12)10-25-20(31)16-11-26-30-18(21(22,23)24)9-17(27-19(16)30)14-7-5-4-6-8-14/h4-8,11,17-18,27H,9-10H2,1-3H3,(H,25,31)/t17-,18-/m0/s1. The molecule has 1 aromatic carbocycles. The maximum absolute atomic E-state index is 13.8. The predicted molar refractivity (Wildman–Crippen MR) is 109 cm³/mol. The van der Waals surface area contributed by atoms with E-state index in [0.29, 0.717) is 0 Å². The highest BCUT2D eigenvalue weighted by Gasteiger charge is 2.47. The number of benzene rings is 1. The number of amides is 1. The number of fused-ring (bicyclic) bond motifs is 1. The summed E-state index contributed by atoms with van der Waals surface area (Å²) in [5, 5.41) is 14.1. The molecule has 1 aliphatic heterocycles. The Morgan fingerprint density at radius 2 is 1.97 bits per heavy atom. The summed E-state index contributed by atoms with van der Waals surface area (Å²) < 4.78 is 43.9. The Kier molecular flexibility index (Phi) is 5.24. The van der Waals surface area contributed by atoms with Crippen LogP contribution in [0.4, 0.5) is 19.0 Å². The van der Waals surface area contributed by atoms with Crippen LogP contribution in [0.5, 0.6) is 0 Å². The smallest absolute Gasteiger partial charge is 0.363 e. The van der Waals surface area contributed by atoms with Gasteiger partial charge in [-0.3, -0.25) is 9.48 Å². The second kappa shape index (κ2) is 7.75. The summed E-state index contributed by atoms with van der Waals surface area (Å²) in [4.78, 5) is 12.9. The summed E-state index contributed by atoms with van der Waals surface area (Å²) in [6.07, 6.45) is -3.52. The van der Waals surface area contributed by atoms with E-state index in [-0.39, 0.29) is 24.3 Å². The normalized spacial score (nSPS) is 18.4. The molecule has 0 unspecified atom stereocenters. The number of carbonyl (C=O) groups is 1. The molecule has 0 saturated carbocycles. The molecule has 164 valence electrons. The molecule has 4 rings (SSSR count). The van der Waals surface area contributed by atoms with Crippen LogP contribution >= 0.6 is 0 Å². The molecular formula is C21H23F3N6O. The maximum atomic E-state index is 13.8. The van der Waals surface area contributed by atoms with E-state index in [1.807, 2.05) is 20.9 Å². The summed E-state index contributed by atoms with van der Waals surface area (Å²) in [7, 11) is 1.81. The van der Waals surface area contributed by atoms with Crippen LogP contribution in [-0.4, -0.2) is 31.6 Å². The van der Waals surface area contributed by atoms with Gasteiger partial charge in [0.05, 0.1) is 17.9 Å². The lowest BCUT2D eigenvalue weighted by Gasteiger charge is -2.34. The van der Waals surface area contributed by atoms with Gasteiger partial charge in [0.25, 0.3) is 5.91 Å². The fraction of sp³-hybridized carbons (Fsp3) is 0.381. The topological polar surface area (TPSA) is 76.8 Å². The van der Waals surface area contributed by atoms with Gasteiger partial charge in [-0.1, -0.05) is 30.3 Å². The summed E-state index contributed by atoms with van der Waals surface area (Å²) in [6, 6.07) is 6.48. The first-order valence-electron chi connectivity index (χ1n) is 9.89. The monoisotopic (exact) mass is 432 g/mol. The van der Waals surface area contributed by atoms with Gasteiger partial charge in [0.2, 0.25) is 0 Å². The third-order valence-electron chi connectivity index (χ3n) is 5.77. The zero-order valence-corrected chi connectivity index (χ0v) is 17.4. The van der Waals surface area contributed by atoms with Gasteiger partial charge in [0.1, 0.15) is 11.4 Å². The van der Waals surface area contributed by atoms with Crippen molar-refractivity contribution in [1.29, 1.82) is 0 Å². The first-order valence-corrected chi connectivity index (χ1v) is 9.89. The maximum Gasteiger partial charge on any atom is 0.410 e. The van der Waals surface area contributed by atoms with Gasteiger partial charge in [0.15, 0.2) is 6.04 Å². The van der Waals surface area contributed by atoms with Crippen molar-refractivity contribution in [3.63, 3.8) is 0 Å². The molecular weight excluding hydrogens is 409 g/mol. The Bertz CT molecular complexity index is 1100. The van der Waals surface area contributed by atoms with Gasteiger partial charge in [-0.25, -0.2) is 4.68 Å². The molecule has 0 aliphatic carbocycles. The minimum absolute atomic E-state index is 0.0690. The molecule has 0 radical (unpaired) electrons. The highest BCUT2D eigenvalue weighted by molar-refractivity contribution is 5.98. The van der Waals surface area contributed by atoms with E-state index in [0.717, 1.165) is 27.2 Å². The van der Waals surface area contributed by atoms with Gasteiger partial charge < -0.3 is 10.6 Å². The van der Waals surface area contributed by atoms with Gasteiger partial charge in [-0.15, -0.1) is 0 Å². The van der Waals surface area contributed by atoms with Crippen LogP contribution in [0.15, 0.2) is 36.5 Å². The van der Waals surface area contributed by atoms with Crippen molar-refractivity contribution in [2.45, 2.75) is 45.1 Å². The number of halogens is 3. The average Bonchev–Trinajstić information content (AvgIpc) is 3.26. The van der Waals surface area contributed by atoms with Gasteiger partial charge in [0, 0.05) is 31.3 Å². The number of nitrogens with one attached hydrogen (secondary N) is 2. The minimum Gasteiger partial charge on any atom is -0.363 e. The van der Waals surface area contributed by atoms with E-state index in [9.17, 15) is 18.0 Å². The van der Waals surface area contributed by atoms with E-state index in [4.69, 9.17) is 0 Å². The Balaban J connectivity index is 1.62. The molecule has 31 heavy (non-hydrogen) atoms. The molecule has 2 atom stereocenters. The lowest BCUT2D eigenvalue weighted by atomic mass is 9.96. The summed E-state index contributed by atoms with van der Waals surface area (Å²) >= 11 is 0. The highest BCUT2D eigenvalue weighted by Crippen LogP contribution is 2.44. The molecule has 3 heterocycles. The van der Waals surface area contributed by atoms with Crippen LogP contribution in [0, 0.1) is 13.8 Å². The van der Waals surface area contributed by atoms with Crippen LogP contribution in [-0.2, 0) is 13.6 Å². The first kappa shape index (κ1) is 21.0. The zero-order chi connectivity index (χ0) is 22.3. The van der Waals surface area contributed by atoms with Crippen molar-refractivity contribution >= 4 is 11.7 Å². The number of rotatable bonds is 4. The van der Waals surface area contributed by atoms with Crippen molar-refractivity contribution < 1.29 is 18.0 Å². The zero-order valence-electron chi connectivity index (χ0n) is 17.4. The number of nitrogens with zero attached hydrogens (tertiary/aromatic N) is 4. The van der Waals surface area contributed by atoms with Gasteiger partial charge >= 0.3 is 6.18 Å². The average molecular weight is 432 g/mol. The molecule has 0 bridgehead atoms. The minimum atomic E-state index is -4.49. The summed E-state index contributed by atoms with van der Waals surface area (Å²) in [6.45, 7) is 3.96. The van der Waals surface area contributed by atoms with E-state index < -0.39 is 24.2 Å². The van der Waals surface area contributed by atoms with Crippen LogP contribution < -0.4 is 10.6 Å². The van der Waals surface area contributed by atoms with Gasteiger partial charge in [-0.2, -0.15) is 23.4 Å². The van der Waals surface area contributed by atoms with Crippen molar-refractivity contribution in [3.05, 3.63) is 64.6 Å². The molecule has 7 nitrogen and oxygen atoms in total. The second-order valence-corrected chi connectivity index (χ2v) is 7.71. The lowest BCUT2D eigenvalue weighted by Crippen LogP contribution is -2.36. The number of anilines is 1.